The van der Waals surface area contributed by atoms with Crippen molar-refractivity contribution in [1.82, 2.24) is 10.6 Å². The Hall–Kier alpha value is -1.75. The van der Waals surface area contributed by atoms with E-state index in [4.69, 9.17) is 16.7 Å². The highest BCUT2D eigenvalue weighted by Crippen LogP contribution is 2.03. The Morgan fingerprint density at radius 3 is 2.50 bits per heavy atom. The minimum absolute atomic E-state index is 0.241. The van der Waals surface area contributed by atoms with Crippen molar-refractivity contribution in [2.24, 2.45) is 0 Å². The first kappa shape index (κ1) is 14.3. The van der Waals surface area contributed by atoms with E-state index in [2.05, 4.69) is 10.6 Å². The molecule has 1 aromatic rings. The van der Waals surface area contributed by atoms with E-state index in [1.165, 1.54) is 0 Å². The molecule has 0 aromatic heterocycles. The first-order chi connectivity index (χ1) is 8.63. The van der Waals surface area contributed by atoms with Gasteiger partial charge < -0.3 is 15.7 Å². The first-order valence-corrected chi connectivity index (χ1v) is 6.04. The molecule has 6 heteroatoms. The average molecular weight is 271 g/mol. The van der Waals surface area contributed by atoms with Crippen LogP contribution in [-0.2, 0) is 11.2 Å². The van der Waals surface area contributed by atoms with Crippen molar-refractivity contribution >= 4 is 23.6 Å². The van der Waals surface area contributed by atoms with Crippen molar-refractivity contribution in [3.8, 4) is 0 Å². The Bertz CT molecular complexity index is 398. The van der Waals surface area contributed by atoms with Crippen molar-refractivity contribution in [1.29, 1.82) is 0 Å². The minimum Gasteiger partial charge on any atom is -0.480 e. The third-order valence-corrected chi connectivity index (χ3v) is 2.46. The molecule has 0 radical (unpaired) electrons. The number of nitrogens with one attached hydrogen (secondary N) is 2. The second-order valence-corrected chi connectivity index (χ2v) is 4.05. The summed E-state index contributed by atoms with van der Waals surface area (Å²) in [5.74, 6) is -0.788. The van der Waals surface area contributed by atoms with Crippen molar-refractivity contribution in [3.05, 3.63) is 35.9 Å². The summed E-state index contributed by atoms with van der Waals surface area (Å²) in [5.41, 5.74) is 0.850. The zero-order valence-corrected chi connectivity index (χ0v) is 10.5. The fourth-order valence-corrected chi connectivity index (χ4v) is 1.51. The lowest BCUT2D eigenvalue weighted by Gasteiger charge is -2.14. The highest BCUT2D eigenvalue weighted by Gasteiger charge is 2.19. The van der Waals surface area contributed by atoms with Gasteiger partial charge >= 0.3 is 12.0 Å². The molecule has 0 bridgehead atoms. The molecular weight excluding hydrogens is 256 g/mol. The smallest absolute Gasteiger partial charge is 0.326 e. The fraction of sp³-hybridized carbons (Fsp3) is 0.333. The van der Waals surface area contributed by atoms with Crippen LogP contribution in [0.4, 0.5) is 4.79 Å². The third kappa shape index (κ3) is 5.05. The van der Waals surface area contributed by atoms with Gasteiger partial charge in [-0.3, -0.25) is 0 Å². The zero-order chi connectivity index (χ0) is 13.4. The van der Waals surface area contributed by atoms with Crippen molar-refractivity contribution in [2.75, 3.05) is 12.4 Å². The van der Waals surface area contributed by atoms with Gasteiger partial charge in [-0.15, -0.1) is 11.6 Å². The van der Waals surface area contributed by atoms with Gasteiger partial charge in [0.05, 0.1) is 0 Å². The molecule has 0 aliphatic carbocycles. The largest absolute Gasteiger partial charge is 0.480 e. The Kier molecular flexibility index (Phi) is 6.00. The lowest BCUT2D eigenvalue weighted by atomic mass is 10.1. The number of carboxylic acids is 1. The van der Waals surface area contributed by atoms with Crippen LogP contribution in [0.5, 0.6) is 0 Å². The van der Waals surface area contributed by atoms with Crippen LogP contribution in [0.3, 0.4) is 0 Å². The molecule has 1 rings (SSSR count). The average Bonchev–Trinajstić information content (AvgIpc) is 2.36. The third-order valence-electron chi connectivity index (χ3n) is 2.27. The normalized spacial score (nSPS) is 11.6. The summed E-state index contributed by atoms with van der Waals surface area (Å²) >= 11 is 5.42. The molecule has 2 amide bonds. The summed E-state index contributed by atoms with van der Waals surface area (Å²) in [6.45, 7) is 0.297. The Morgan fingerprint density at radius 2 is 1.94 bits per heavy atom. The van der Waals surface area contributed by atoms with Crippen LogP contribution in [-0.4, -0.2) is 35.6 Å². The van der Waals surface area contributed by atoms with Crippen LogP contribution < -0.4 is 10.6 Å². The number of amides is 2. The van der Waals surface area contributed by atoms with Gasteiger partial charge in [0.25, 0.3) is 0 Å². The number of alkyl halides is 1. The van der Waals surface area contributed by atoms with E-state index in [9.17, 15) is 9.59 Å². The molecule has 1 atom stereocenters. The van der Waals surface area contributed by atoms with Gasteiger partial charge in [0.15, 0.2) is 0 Å². The van der Waals surface area contributed by atoms with Crippen LogP contribution in [0, 0.1) is 0 Å². The predicted molar refractivity (Wildman–Crippen MR) is 68.8 cm³/mol. The van der Waals surface area contributed by atoms with Crippen LogP contribution >= 0.6 is 11.6 Å². The highest BCUT2D eigenvalue weighted by molar-refractivity contribution is 6.18. The van der Waals surface area contributed by atoms with Crippen LogP contribution in [0.15, 0.2) is 30.3 Å². The summed E-state index contributed by atoms with van der Waals surface area (Å²) in [6.07, 6.45) is 0.241. The van der Waals surface area contributed by atoms with Gasteiger partial charge in [-0.1, -0.05) is 30.3 Å². The number of carbonyl (C=O) groups excluding carboxylic acids is 1. The van der Waals surface area contributed by atoms with Crippen molar-refractivity contribution in [3.63, 3.8) is 0 Å². The van der Waals surface area contributed by atoms with Crippen LogP contribution in [0.25, 0.3) is 0 Å². The minimum atomic E-state index is -1.07. The molecule has 0 aliphatic heterocycles. The fourth-order valence-electron chi connectivity index (χ4n) is 1.42. The summed E-state index contributed by atoms with van der Waals surface area (Å²) in [4.78, 5) is 22.4. The molecule has 0 fully saturated rings. The van der Waals surface area contributed by atoms with E-state index in [0.29, 0.717) is 6.54 Å². The van der Waals surface area contributed by atoms with E-state index in [1.54, 1.807) is 0 Å². The number of rotatable bonds is 6. The van der Waals surface area contributed by atoms with Crippen molar-refractivity contribution < 1.29 is 14.7 Å². The lowest BCUT2D eigenvalue weighted by molar-refractivity contribution is -0.139. The molecule has 5 nitrogen and oxygen atoms in total. The van der Waals surface area contributed by atoms with Gasteiger partial charge in [0, 0.05) is 18.8 Å². The maximum absolute atomic E-state index is 11.4. The second kappa shape index (κ2) is 7.55. The topological polar surface area (TPSA) is 78.4 Å². The molecule has 0 saturated carbocycles. The maximum atomic E-state index is 11.4. The number of carbonyl (C=O) groups is 2. The summed E-state index contributed by atoms with van der Waals surface area (Å²) in [7, 11) is 0. The zero-order valence-electron chi connectivity index (χ0n) is 9.73. The van der Waals surface area contributed by atoms with E-state index >= 15 is 0 Å². The summed E-state index contributed by atoms with van der Waals surface area (Å²) in [6, 6.07) is 7.63. The SMILES string of the molecule is O=C(NCCCl)N[C@H](Cc1ccccc1)C(=O)O. The Labute approximate surface area is 110 Å². The van der Waals surface area contributed by atoms with Gasteiger partial charge in [0.1, 0.15) is 6.04 Å². The number of benzene rings is 1. The van der Waals surface area contributed by atoms with Gasteiger partial charge in [-0.05, 0) is 5.56 Å². The van der Waals surface area contributed by atoms with Crippen LogP contribution in [0.2, 0.25) is 0 Å². The van der Waals surface area contributed by atoms with Crippen molar-refractivity contribution in [2.45, 2.75) is 12.5 Å². The van der Waals surface area contributed by atoms with Crippen LogP contribution in [0.1, 0.15) is 5.56 Å². The molecule has 0 heterocycles. The molecule has 0 saturated heterocycles. The maximum Gasteiger partial charge on any atom is 0.326 e. The van der Waals surface area contributed by atoms with E-state index < -0.39 is 18.0 Å². The van der Waals surface area contributed by atoms with E-state index in [0.717, 1.165) is 5.56 Å². The summed E-state index contributed by atoms with van der Waals surface area (Å²) in [5, 5.41) is 13.9. The number of hydrogen-bond acceptors (Lipinski definition) is 2. The van der Waals surface area contributed by atoms with Gasteiger partial charge in [-0.25, -0.2) is 9.59 Å². The molecule has 98 valence electrons. The number of halogens is 1. The van der Waals surface area contributed by atoms with Gasteiger partial charge in [-0.2, -0.15) is 0 Å². The molecule has 0 aliphatic rings. The quantitative estimate of drug-likeness (QED) is 0.680. The lowest BCUT2D eigenvalue weighted by Crippen LogP contribution is -2.47. The number of urea groups is 1. The van der Waals surface area contributed by atoms with E-state index in [1.807, 2.05) is 30.3 Å². The molecule has 3 N–H and O–H groups in total. The Balaban J connectivity index is 2.55. The molecule has 18 heavy (non-hydrogen) atoms. The molecule has 1 aromatic carbocycles. The monoisotopic (exact) mass is 270 g/mol. The second-order valence-electron chi connectivity index (χ2n) is 3.67. The Morgan fingerprint density at radius 1 is 1.28 bits per heavy atom. The molecule has 0 unspecified atom stereocenters. The summed E-state index contributed by atoms with van der Waals surface area (Å²) < 4.78 is 0. The first-order valence-electron chi connectivity index (χ1n) is 5.50. The number of hydrogen-bond donors (Lipinski definition) is 3. The van der Waals surface area contributed by atoms with Gasteiger partial charge in [0.2, 0.25) is 0 Å². The molecule has 0 spiro atoms. The molecular formula is C12H15ClN2O3. The van der Waals surface area contributed by atoms with E-state index in [-0.39, 0.29) is 12.3 Å². The predicted octanol–water partition coefficient (Wildman–Crippen LogP) is 1.22. The highest BCUT2D eigenvalue weighted by atomic mass is 35.5. The standard InChI is InChI=1S/C12H15ClN2O3/c13-6-7-14-12(18)15-10(11(16)17)8-9-4-2-1-3-5-9/h1-5,10H,6-8H2,(H,16,17)(H2,14,15,18)/t10-/m1/s1. The number of aliphatic carboxylic acids is 1. The number of carboxylic acid groups (broad SMARTS) is 1.